The van der Waals surface area contributed by atoms with Gasteiger partial charge in [-0.3, -0.25) is 4.79 Å². The molecular weight excluding hydrogens is 301 g/mol. The van der Waals surface area contributed by atoms with Gasteiger partial charge in [-0.25, -0.2) is 0 Å². The Labute approximate surface area is 129 Å². The van der Waals surface area contributed by atoms with Crippen molar-refractivity contribution in [3.63, 3.8) is 0 Å². The van der Waals surface area contributed by atoms with Crippen LogP contribution in [0.5, 0.6) is 5.75 Å². The molecule has 0 radical (unpaired) electrons. The van der Waals surface area contributed by atoms with E-state index in [1.165, 1.54) is 0 Å². The number of hydrogen-bond acceptors (Lipinski definition) is 3. The average molecular weight is 320 g/mol. The normalized spacial score (nSPS) is 11.2. The summed E-state index contributed by atoms with van der Waals surface area (Å²) in [4.78, 5) is 11.7. The van der Waals surface area contributed by atoms with Crippen LogP contribution >= 0.6 is 23.2 Å². The topological polar surface area (TPSA) is 58.6 Å². The van der Waals surface area contributed by atoms with Crippen LogP contribution in [-0.2, 0) is 4.79 Å². The molecule has 0 spiro atoms. The van der Waals surface area contributed by atoms with Crippen molar-refractivity contribution in [3.8, 4) is 5.75 Å². The van der Waals surface area contributed by atoms with Crippen LogP contribution in [0.2, 0.25) is 10.0 Å². The maximum absolute atomic E-state index is 11.7. The van der Waals surface area contributed by atoms with Gasteiger partial charge in [-0.05, 0) is 25.0 Å². The van der Waals surface area contributed by atoms with Crippen molar-refractivity contribution in [3.05, 3.63) is 28.2 Å². The van der Waals surface area contributed by atoms with Gasteiger partial charge in [0.15, 0.2) is 6.61 Å². The fourth-order valence-corrected chi connectivity index (χ4v) is 1.88. The fourth-order valence-electron chi connectivity index (χ4n) is 1.55. The van der Waals surface area contributed by atoms with Crippen molar-refractivity contribution >= 4 is 29.1 Å². The number of carbonyl (C=O) groups excluding carboxylic acids is 1. The van der Waals surface area contributed by atoms with Gasteiger partial charge in [-0.15, -0.1) is 0 Å². The molecule has 20 heavy (non-hydrogen) atoms. The molecule has 0 atom stereocenters. The summed E-state index contributed by atoms with van der Waals surface area (Å²) in [7, 11) is 0. The summed E-state index contributed by atoms with van der Waals surface area (Å²) in [5.74, 6) is 0.0388. The standard InChI is InChI=1S/C14H19Cl2NO3/c1-3-14(19,4-2)9-17-13(18)8-20-12-7-10(15)5-6-11(12)16/h5-7,19H,3-4,8-9H2,1-2H3,(H,17,18). The zero-order chi connectivity index (χ0) is 15.2. The van der Waals surface area contributed by atoms with Crippen LogP contribution in [0.15, 0.2) is 18.2 Å². The predicted octanol–water partition coefficient (Wildman–Crippen LogP) is 3.04. The lowest BCUT2D eigenvalue weighted by Gasteiger charge is -2.25. The Balaban J connectivity index is 2.46. The SMILES string of the molecule is CCC(O)(CC)CNC(=O)COc1cc(Cl)ccc1Cl. The highest BCUT2D eigenvalue weighted by Crippen LogP contribution is 2.27. The van der Waals surface area contributed by atoms with Crippen LogP contribution in [0.4, 0.5) is 0 Å². The first-order chi connectivity index (χ1) is 9.40. The lowest BCUT2D eigenvalue weighted by atomic mass is 9.98. The van der Waals surface area contributed by atoms with Crippen molar-refractivity contribution in [2.75, 3.05) is 13.2 Å². The third kappa shape index (κ3) is 5.19. The molecule has 0 aliphatic carbocycles. The van der Waals surface area contributed by atoms with E-state index in [0.717, 1.165) is 0 Å². The second-order valence-corrected chi connectivity index (χ2v) is 5.42. The third-order valence-corrected chi connectivity index (χ3v) is 3.73. The van der Waals surface area contributed by atoms with E-state index < -0.39 is 5.60 Å². The summed E-state index contributed by atoms with van der Waals surface area (Å²) in [6.45, 7) is 3.77. The Morgan fingerprint density at radius 1 is 1.35 bits per heavy atom. The molecule has 0 bridgehead atoms. The third-order valence-electron chi connectivity index (χ3n) is 3.18. The van der Waals surface area contributed by atoms with Gasteiger partial charge in [-0.1, -0.05) is 37.0 Å². The molecule has 1 amide bonds. The van der Waals surface area contributed by atoms with Gasteiger partial charge in [0, 0.05) is 17.6 Å². The number of hydrogen-bond donors (Lipinski definition) is 2. The number of benzene rings is 1. The number of rotatable bonds is 7. The summed E-state index contributed by atoms with van der Waals surface area (Å²) in [5.41, 5.74) is -0.872. The molecule has 0 aromatic heterocycles. The second kappa shape index (κ2) is 7.72. The van der Waals surface area contributed by atoms with Gasteiger partial charge in [0.1, 0.15) is 5.75 Å². The number of halogens is 2. The highest BCUT2D eigenvalue weighted by Gasteiger charge is 2.22. The van der Waals surface area contributed by atoms with Crippen LogP contribution in [-0.4, -0.2) is 29.8 Å². The minimum atomic E-state index is -0.872. The maximum atomic E-state index is 11.7. The summed E-state index contributed by atoms with van der Waals surface area (Å²) >= 11 is 11.7. The van der Waals surface area contributed by atoms with Crippen molar-refractivity contribution < 1.29 is 14.6 Å². The first-order valence-electron chi connectivity index (χ1n) is 6.47. The van der Waals surface area contributed by atoms with Crippen LogP contribution in [0.25, 0.3) is 0 Å². The van der Waals surface area contributed by atoms with Crippen molar-refractivity contribution in [2.24, 2.45) is 0 Å². The summed E-state index contributed by atoms with van der Waals surface area (Å²) < 4.78 is 5.30. The Hall–Kier alpha value is -0.970. The van der Waals surface area contributed by atoms with Gasteiger partial charge in [0.25, 0.3) is 5.91 Å². The minimum absolute atomic E-state index is 0.177. The summed E-state index contributed by atoms with van der Waals surface area (Å²) in [5, 5.41) is 13.6. The number of aliphatic hydroxyl groups is 1. The molecule has 0 saturated heterocycles. The van der Waals surface area contributed by atoms with Crippen LogP contribution in [0, 0.1) is 0 Å². The van der Waals surface area contributed by atoms with E-state index in [1.54, 1.807) is 18.2 Å². The lowest BCUT2D eigenvalue weighted by molar-refractivity contribution is -0.124. The summed E-state index contributed by atoms with van der Waals surface area (Å²) in [6.07, 6.45) is 1.15. The minimum Gasteiger partial charge on any atom is -0.482 e. The van der Waals surface area contributed by atoms with Crippen molar-refractivity contribution in [1.29, 1.82) is 0 Å². The molecule has 1 rings (SSSR count). The molecule has 0 aliphatic rings. The average Bonchev–Trinajstić information content (AvgIpc) is 2.45. The van der Waals surface area contributed by atoms with Crippen molar-refractivity contribution in [1.82, 2.24) is 5.32 Å². The molecular formula is C14H19Cl2NO3. The molecule has 0 aliphatic heterocycles. The molecule has 2 N–H and O–H groups in total. The molecule has 0 heterocycles. The molecule has 112 valence electrons. The van der Waals surface area contributed by atoms with E-state index in [4.69, 9.17) is 27.9 Å². The Morgan fingerprint density at radius 2 is 2.00 bits per heavy atom. The fraction of sp³-hybridized carbons (Fsp3) is 0.500. The highest BCUT2D eigenvalue weighted by molar-refractivity contribution is 6.34. The first-order valence-corrected chi connectivity index (χ1v) is 7.22. The quantitative estimate of drug-likeness (QED) is 0.812. The van der Waals surface area contributed by atoms with E-state index in [2.05, 4.69) is 5.32 Å². The number of ether oxygens (including phenoxy) is 1. The second-order valence-electron chi connectivity index (χ2n) is 4.57. The zero-order valence-electron chi connectivity index (χ0n) is 11.6. The zero-order valence-corrected chi connectivity index (χ0v) is 13.1. The van der Waals surface area contributed by atoms with E-state index in [9.17, 15) is 9.90 Å². The maximum Gasteiger partial charge on any atom is 0.258 e. The Morgan fingerprint density at radius 3 is 2.60 bits per heavy atom. The van der Waals surface area contributed by atoms with Gasteiger partial charge in [0.05, 0.1) is 10.6 Å². The van der Waals surface area contributed by atoms with Gasteiger partial charge in [-0.2, -0.15) is 0 Å². The molecule has 6 heteroatoms. The van der Waals surface area contributed by atoms with E-state index in [0.29, 0.717) is 28.6 Å². The lowest BCUT2D eigenvalue weighted by Crippen LogP contribution is -2.43. The van der Waals surface area contributed by atoms with E-state index in [1.807, 2.05) is 13.8 Å². The van der Waals surface area contributed by atoms with Crippen LogP contribution < -0.4 is 10.1 Å². The smallest absolute Gasteiger partial charge is 0.258 e. The monoisotopic (exact) mass is 319 g/mol. The molecule has 0 unspecified atom stereocenters. The van der Waals surface area contributed by atoms with Crippen LogP contribution in [0.1, 0.15) is 26.7 Å². The number of amides is 1. The number of nitrogens with one attached hydrogen (secondary N) is 1. The summed E-state index contributed by atoms with van der Waals surface area (Å²) in [6, 6.07) is 4.79. The largest absolute Gasteiger partial charge is 0.482 e. The van der Waals surface area contributed by atoms with Gasteiger partial charge < -0.3 is 15.2 Å². The predicted molar refractivity (Wildman–Crippen MR) is 80.5 cm³/mol. The van der Waals surface area contributed by atoms with Gasteiger partial charge >= 0.3 is 0 Å². The molecule has 0 saturated carbocycles. The molecule has 4 nitrogen and oxygen atoms in total. The van der Waals surface area contributed by atoms with Gasteiger partial charge in [0.2, 0.25) is 0 Å². The van der Waals surface area contributed by atoms with E-state index in [-0.39, 0.29) is 19.1 Å². The molecule has 1 aromatic rings. The first kappa shape index (κ1) is 17.1. The highest BCUT2D eigenvalue weighted by atomic mass is 35.5. The Kier molecular flexibility index (Phi) is 6.59. The molecule has 0 fully saturated rings. The van der Waals surface area contributed by atoms with Crippen LogP contribution in [0.3, 0.4) is 0 Å². The Bertz CT molecular complexity index is 462. The molecule has 1 aromatic carbocycles. The van der Waals surface area contributed by atoms with Crippen molar-refractivity contribution in [2.45, 2.75) is 32.3 Å². The number of carbonyl (C=O) groups is 1. The van der Waals surface area contributed by atoms with E-state index >= 15 is 0 Å².